The summed E-state index contributed by atoms with van der Waals surface area (Å²) in [5.74, 6) is 0.250. The first-order valence-corrected chi connectivity index (χ1v) is 9.40. The molecule has 0 radical (unpaired) electrons. The van der Waals surface area contributed by atoms with Gasteiger partial charge in [-0.1, -0.05) is 0 Å². The Morgan fingerprint density at radius 3 is 2.59 bits per heavy atom. The number of hydrogen-bond acceptors (Lipinski definition) is 6. The van der Waals surface area contributed by atoms with E-state index in [4.69, 9.17) is 0 Å². The number of rotatable bonds is 3. The van der Waals surface area contributed by atoms with Crippen LogP contribution in [0, 0.1) is 20.8 Å². The molecule has 0 atom stereocenters. The van der Waals surface area contributed by atoms with Crippen molar-refractivity contribution in [2.24, 2.45) is 0 Å². The Hall–Kier alpha value is -2.67. The van der Waals surface area contributed by atoms with E-state index >= 15 is 0 Å². The first-order chi connectivity index (χ1) is 13.1. The summed E-state index contributed by atoms with van der Waals surface area (Å²) in [4.78, 5) is 31.6. The number of hydrogen-bond donors (Lipinski definition) is 1. The van der Waals surface area contributed by atoms with Crippen molar-refractivity contribution < 1.29 is 0 Å². The second kappa shape index (κ2) is 7.15. The van der Waals surface area contributed by atoms with Crippen molar-refractivity contribution in [3.63, 3.8) is 0 Å². The van der Waals surface area contributed by atoms with Crippen LogP contribution in [0.2, 0.25) is 0 Å². The zero-order valence-corrected chi connectivity index (χ0v) is 16.0. The van der Waals surface area contributed by atoms with Crippen molar-refractivity contribution >= 4 is 11.2 Å². The molecule has 3 aromatic heterocycles. The van der Waals surface area contributed by atoms with Crippen LogP contribution < -0.4 is 10.9 Å². The molecule has 0 amide bonds. The largest absolute Gasteiger partial charge is 0.317 e. The van der Waals surface area contributed by atoms with E-state index in [1.807, 2.05) is 20.8 Å². The molecule has 1 aliphatic heterocycles. The lowest BCUT2D eigenvalue weighted by atomic mass is 9.88. The third-order valence-corrected chi connectivity index (χ3v) is 5.40. The van der Waals surface area contributed by atoms with Gasteiger partial charge in [0.15, 0.2) is 5.65 Å². The van der Waals surface area contributed by atoms with Gasteiger partial charge >= 0.3 is 0 Å². The minimum absolute atomic E-state index is 0.0249. The zero-order valence-electron chi connectivity index (χ0n) is 16.0. The zero-order chi connectivity index (χ0) is 19.0. The summed E-state index contributed by atoms with van der Waals surface area (Å²) >= 11 is 0. The molecule has 7 heteroatoms. The third-order valence-electron chi connectivity index (χ3n) is 5.40. The molecular weight excluding hydrogens is 340 g/mol. The molecule has 0 aromatic carbocycles. The van der Waals surface area contributed by atoms with Crippen LogP contribution in [0.4, 0.5) is 0 Å². The van der Waals surface area contributed by atoms with Crippen LogP contribution in [-0.2, 0) is 6.54 Å². The van der Waals surface area contributed by atoms with Crippen molar-refractivity contribution in [2.75, 3.05) is 13.1 Å². The summed E-state index contributed by atoms with van der Waals surface area (Å²) < 4.78 is 1.73. The number of aryl methyl sites for hydroxylation is 3. The summed E-state index contributed by atoms with van der Waals surface area (Å²) in [6.45, 7) is 8.03. The van der Waals surface area contributed by atoms with Crippen molar-refractivity contribution in [3.8, 4) is 0 Å². The Labute approximate surface area is 157 Å². The molecule has 1 fully saturated rings. The van der Waals surface area contributed by atoms with Gasteiger partial charge in [0.2, 0.25) is 0 Å². The monoisotopic (exact) mass is 364 g/mol. The van der Waals surface area contributed by atoms with Crippen LogP contribution in [0.3, 0.4) is 0 Å². The molecule has 0 spiro atoms. The molecular formula is C20H24N6O. The fourth-order valence-electron chi connectivity index (χ4n) is 3.93. The summed E-state index contributed by atoms with van der Waals surface area (Å²) in [6.07, 6.45) is 7.02. The molecule has 0 aliphatic carbocycles. The molecule has 27 heavy (non-hydrogen) atoms. The van der Waals surface area contributed by atoms with E-state index in [-0.39, 0.29) is 11.5 Å². The lowest BCUT2D eigenvalue weighted by Crippen LogP contribution is -2.34. The molecule has 4 heterocycles. The van der Waals surface area contributed by atoms with E-state index in [2.05, 4.69) is 25.3 Å². The van der Waals surface area contributed by atoms with Crippen LogP contribution in [0.25, 0.3) is 11.2 Å². The highest BCUT2D eigenvalue weighted by atomic mass is 16.1. The van der Waals surface area contributed by atoms with Crippen molar-refractivity contribution in [1.29, 1.82) is 0 Å². The first kappa shape index (κ1) is 17.7. The van der Waals surface area contributed by atoms with Crippen molar-refractivity contribution in [3.05, 3.63) is 57.2 Å². The summed E-state index contributed by atoms with van der Waals surface area (Å²) in [6, 6.07) is 0. The Morgan fingerprint density at radius 1 is 1.11 bits per heavy atom. The van der Waals surface area contributed by atoms with Crippen LogP contribution in [0.1, 0.15) is 47.0 Å². The molecule has 0 saturated carbocycles. The molecule has 7 nitrogen and oxygen atoms in total. The highest BCUT2D eigenvalue weighted by Gasteiger charge is 2.25. The SMILES string of the molecule is Cc1cnc2c(C)c(C3CCNCC3)c(=O)n(Cc3nccnc3C)c2n1. The van der Waals surface area contributed by atoms with E-state index in [9.17, 15) is 4.79 Å². The Bertz CT molecular complexity index is 1050. The first-order valence-electron chi connectivity index (χ1n) is 9.40. The van der Waals surface area contributed by atoms with Gasteiger partial charge in [-0.05, 0) is 58.2 Å². The van der Waals surface area contributed by atoms with E-state index < -0.39 is 0 Å². The number of pyridine rings is 1. The van der Waals surface area contributed by atoms with E-state index in [1.165, 1.54) is 0 Å². The molecule has 3 aromatic rings. The number of fused-ring (bicyclic) bond motifs is 1. The van der Waals surface area contributed by atoms with Gasteiger partial charge in [0, 0.05) is 24.2 Å². The van der Waals surface area contributed by atoms with E-state index in [1.54, 1.807) is 23.2 Å². The lowest BCUT2D eigenvalue weighted by molar-refractivity contribution is 0.454. The normalized spacial score (nSPS) is 15.4. The molecule has 4 rings (SSSR count). The van der Waals surface area contributed by atoms with Crippen LogP contribution in [-0.4, -0.2) is 37.6 Å². The van der Waals surface area contributed by atoms with Crippen molar-refractivity contribution in [1.82, 2.24) is 29.8 Å². The van der Waals surface area contributed by atoms with Gasteiger partial charge in [0.25, 0.3) is 5.56 Å². The molecule has 140 valence electrons. The van der Waals surface area contributed by atoms with Gasteiger partial charge in [-0.15, -0.1) is 0 Å². The molecule has 0 unspecified atom stereocenters. The van der Waals surface area contributed by atoms with Crippen LogP contribution in [0.15, 0.2) is 23.4 Å². The van der Waals surface area contributed by atoms with Gasteiger partial charge in [-0.2, -0.15) is 0 Å². The molecule has 1 N–H and O–H groups in total. The standard InChI is InChI=1S/C20H24N6O/c1-12-10-24-18-13(2)17(15-4-6-21-7-5-15)20(27)26(19(18)25-12)11-16-14(3)22-8-9-23-16/h8-10,15,21H,4-7,11H2,1-3H3. The quantitative estimate of drug-likeness (QED) is 0.765. The maximum Gasteiger partial charge on any atom is 0.256 e. The Morgan fingerprint density at radius 2 is 1.85 bits per heavy atom. The van der Waals surface area contributed by atoms with Crippen LogP contribution in [0.5, 0.6) is 0 Å². The Kier molecular flexibility index (Phi) is 4.70. The van der Waals surface area contributed by atoms with Gasteiger partial charge in [0.1, 0.15) is 5.52 Å². The summed E-state index contributed by atoms with van der Waals surface area (Å²) in [5, 5.41) is 3.37. The number of nitrogens with one attached hydrogen (secondary N) is 1. The highest BCUT2D eigenvalue weighted by Crippen LogP contribution is 2.28. The number of aromatic nitrogens is 5. The van der Waals surface area contributed by atoms with Gasteiger partial charge in [0.05, 0.1) is 23.6 Å². The van der Waals surface area contributed by atoms with Gasteiger partial charge < -0.3 is 5.32 Å². The van der Waals surface area contributed by atoms with Gasteiger partial charge in [-0.25, -0.2) is 4.98 Å². The predicted octanol–water partition coefficient (Wildman–Crippen LogP) is 2.02. The average Bonchev–Trinajstić information content (AvgIpc) is 2.67. The maximum absolute atomic E-state index is 13.6. The summed E-state index contributed by atoms with van der Waals surface area (Å²) in [7, 11) is 0. The highest BCUT2D eigenvalue weighted by molar-refractivity contribution is 5.76. The number of nitrogens with zero attached hydrogens (tertiary/aromatic N) is 5. The van der Waals surface area contributed by atoms with Crippen LogP contribution >= 0.6 is 0 Å². The minimum atomic E-state index is 0.0249. The molecule has 1 aliphatic rings. The average molecular weight is 364 g/mol. The fourth-order valence-corrected chi connectivity index (χ4v) is 3.93. The lowest BCUT2D eigenvalue weighted by Gasteiger charge is -2.25. The maximum atomic E-state index is 13.6. The predicted molar refractivity (Wildman–Crippen MR) is 104 cm³/mol. The topological polar surface area (TPSA) is 85.6 Å². The fraction of sp³-hybridized carbons (Fsp3) is 0.450. The Balaban J connectivity index is 1.96. The van der Waals surface area contributed by atoms with E-state index in [0.29, 0.717) is 12.2 Å². The minimum Gasteiger partial charge on any atom is -0.317 e. The van der Waals surface area contributed by atoms with Crippen molar-refractivity contribution in [2.45, 2.75) is 46.1 Å². The molecule has 1 saturated heterocycles. The third kappa shape index (κ3) is 3.23. The number of piperidine rings is 1. The van der Waals surface area contributed by atoms with E-state index in [0.717, 1.165) is 59.7 Å². The second-order valence-electron chi connectivity index (χ2n) is 7.23. The van der Waals surface area contributed by atoms with Gasteiger partial charge in [-0.3, -0.25) is 24.3 Å². The summed E-state index contributed by atoms with van der Waals surface area (Å²) in [5.41, 5.74) is 5.68. The smallest absolute Gasteiger partial charge is 0.256 e. The molecule has 0 bridgehead atoms. The second-order valence-corrected chi connectivity index (χ2v) is 7.23.